The highest BCUT2D eigenvalue weighted by atomic mass is 16.6. The van der Waals surface area contributed by atoms with Crippen molar-refractivity contribution < 1.29 is 14.5 Å². The summed E-state index contributed by atoms with van der Waals surface area (Å²) in [6, 6.07) is 14.5. The van der Waals surface area contributed by atoms with E-state index in [-0.39, 0.29) is 12.2 Å². The number of nitro benzene ring substituents is 1. The SMILES string of the molecule is CC1(c2cccc([N+](=O)[O-])c2)NC(=O)N(Cc2cccc3cccnc23)C1=O. The minimum absolute atomic E-state index is 0.0591. The number of nitro groups is 1. The second-order valence-corrected chi connectivity index (χ2v) is 6.75. The van der Waals surface area contributed by atoms with Gasteiger partial charge < -0.3 is 5.32 Å². The number of fused-ring (bicyclic) bond motifs is 1. The lowest BCUT2D eigenvalue weighted by molar-refractivity contribution is -0.385. The first-order valence-corrected chi connectivity index (χ1v) is 8.62. The normalized spacial score (nSPS) is 19.1. The summed E-state index contributed by atoms with van der Waals surface area (Å²) in [6.45, 7) is 1.61. The van der Waals surface area contributed by atoms with Gasteiger partial charge >= 0.3 is 6.03 Å². The largest absolute Gasteiger partial charge is 0.325 e. The number of benzene rings is 2. The minimum Gasteiger partial charge on any atom is -0.319 e. The fourth-order valence-corrected chi connectivity index (χ4v) is 3.43. The molecular formula is C20H16N4O4. The van der Waals surface area contributed by atoms with E-state index in [2.05, 4.69) is 10.3 Å². The lowest BCUT2D eigenvalue weighted by atomic mass is 9.91. The van der Waals surface area contributed by atoms with Gasteiger partial charge in [-0.25, -0.2) is 4.79 Å². The smallest absolute Gasteiger partial charge is 0.319 e. The van der Waals surface area contributed by atoms with Crippen LogP contribution in [0.25, 0.3) is 10.9 Å². The standard InChI is InChI=1S/C20H16N4O4/c1-20(15-8-3-9-16(11-15)24(27)28)18(25)23(19(26)22-20)12-14-6-2-5-13-7-4-10-21-17(13)14/h2-11H,12H2,1H3,(H,22,26). The molecular weight excluding hydrogens is 360 g/mol. The first kappa shape index (κ1) is 17.6. The van der Waals surface area contributed by atoms with Gasteiger partial charge in [-0.2, -0.15) is 0 Å². The van der Waals surface area contributed by atoms with Gasteiger partial charge in [0.2, 0.25) is 0 Å². The molecule has 4 rings (SSSR count). The van der Waals surface area contributed by atoms with Crippen molar-refractivity contribution in [3.8, 4) is 0 Å². The number of rotatable bonds is 4. The topological polar surface area (TPSA) is 105 Å². The van der Waals surface area contributed by atoms with Crippen molar-refractivity contribution in [2.45, 2.75) is 19.0 Å². The maximum absolute atomic E-state index is 13.1. The summed E-state index contributed by atoms with van der Waals surface area (Å²) in [5, 5.41) is 14.7. The van der Waals surface area contributed by atoms with Crippen molar-refractivity contribution in [2.24, 2.45) is 0 Å². The molecule has 1 atom stereocenters. The summed E-state index contributed by atoms with van der Waals surface area (Å²) in [5.41, 5.74) is 0.303. The fraction of sp³-hybridized carbons (Fsp3) is 0.150. The molecule has 1 saturated heterocycles. The van der Waals surface area contributed by atoms with E-state index >= 15 is 0 Å². The molecule has 140 valence electrons. The van der Waals surface area contributed by atoms with Crippen LogP contribution >= 0.6 is 0 Å². The van der Waals surface area contributed by atoms with E-state index in [0.717, 1.165) is 21.4 Å². The van der Waals surface area contributed by atoms with Gasteiger partial charge in [0.05, 0.1) is 17.0 Å². The molecule has 0 bridgehead atoms. The van der Waals surface area contributed by atoms with Gasteiger partial charge in [0.25, 0.3) is 11.6 Å². The molecule has 3 amide bonds. The molecule has 0 aliphatic carbocycles. The van der Waals surface area contributed by atoms with Crippen molar-refractivity contribution in [3.05, 3.63) is 82.0 Å². The summed E-state index contributed by atoms with van der Waals surface area (Å²) in [7, 11) is 0. The van der Waals surface area contributed by atoms with E-state index in [1.165, 1.54) is 18.2 Å². The van der Waals surface area contributed by atoms with Gasteiger partial charge in [0, 0.05) is 23.7 Å². The molecule has 0 radical (unpaired) electrons. The number of aromatic nitrogens is 1. The first-order chi connectivity index (χ1) is 13.4. The maximum atomic E-state index is 13.1. The molecule has 2 aromatic carbocycles. The molecule has 8 nitrogen and oxygen atoms in total. The molecule has 8 heteroatoms. The summed E-state index contributed by atoms with van der Waals surface area (Å²) >= 11 is 0. The van der Waals surface area contributed by atoms with E-state index in [1.807, 2.05) is 30.3 Å². The minimum atomic E-state index is -1.37. The Labute approximate surface area is 159 Å². The maximum Gasteiger partial charge on any atom is 0.325 e. The van der Waals surface area contributed by atoms with Crippen LogP contribution in [0.2, 0.25) is 0 Å². The molecule has 0 spiro atoms. The van der Waals surface area contributed by atoms with Crippen molar-refractivity contribution in [2.75, 3.05) is 0 Å². The molecule has 1 aliphatic rings. The van der Waals surface area contributed by atoms with E-state index < -0.39 is 22.4 Å². The number of amides is 3. The van der Waals surface area contributed by atoms with Crippen molar-refractivity contribution >= 4 is 28.5 Å². The van der Waals surface area contributed by atoms with Crippen molar-refractivity contribution in [3.63, 3.8) is 0 Å². The zero-order valence-corrected chi connectivity index (χ0v) is 15.0. The highest BCUT2D eigenvalue weighted by Crippen LogP contribution is 2.32. The molecule has 28 heavy (non-hydrogen) atoms. The van der Waals surface area contributed by atoms with Crippen LogP contribution in [0.4, 0.5) is 10.5 Å². The van der Waals surface area contributed by atoms with Gasteiger partial charge in [-0.05, 0) is 24.1 Å². The highest BCUT2D eigenvalue weighted by Gasteiger charge is 2.49. The molecule has 1 aromatic heterocycles. The zero-order valence-electron chi connectivity index (χ0n) is 15.0. The highest BCUT2D eigenvalue weighted by molar-refractivity contribution is 6.07. The van der Waals surface area contributed by atoms with Gasteiger partial charge in [0.15, 0.2) is 0 Å². The molecule has 1 N–H and O–H groups in total. The Morgan fingerprint density at radius 3 is 2.68 bits per heavy atom. The number of urea groups is 1. The molecule has 1 unspecified atom stereocenters. The van der Waals surface area contributed by atoms with Gasteiger partial charge in [-0.1, -0.05) is 36.4 Å². The van der Waals surface area contributed by atoms with Gasteiger partial charge in [0.1, 0.15) is 5.54 Å². The summed E-state index contributed by atoms with van der Waals surface area (Å²) in [4.78, 5) is 41.7. The number of para-hydroxylation sites is 1. The van der Waals surface area contributed by atoms with Crippen molar-refractivity contribution in [1.29, 1.82) is 0 Å². The third kappa shape index (κ3) is 2.75. The Kier molecular flexibility index (Phi) is 4.03. The summed E-state index contributed by atoms with van der Waals surface area (Å²) in [5.74, 6) is -0.467. The van der Waals surface area contributed by atoms with Crippen LogP contribution in [-0.2, 0) is 16.9 Å². The van der Waals surface area contributed by atoms with Gasteiger partial charge in [-0.15, -0.1) is 0 Å². The number of nitrogens with zero attached hydrogens (tertiary/aromatic N) is 3. The number of imide groups is 1. The molecule has 1 fully saturated rings. The number of pyridine rings is 1. The second-order valence-electron chi connectivity index (χ2n) is 6.75. The summed E-state index contributed by atoms with van der Waals surface area (Å²) in [6.07, 6.45) is 1.66. The van der Waals surface area contributed by atoms with Crippen LogP contribution in [0.5, 0.6) is 0 Å². The van der Waals surface area contributed by atoms with E-state index in [4.69, 9.17) is 0 Å². The van der Waals surface area contributed by atoms with Crippen LogP contribution in [-0.4, -0.2) is 26.7 Å². The third-order valence-corrected chi connectivity index (χ3v) is 4.95. The Morgan fingerprint density at radius 1 is 1.14 bits per heavy atom. The number of carbonyl (C=O) groups excluding carboxylic acids is 2. The Bertz CT molecular complexity index is 1120. The van der Waals surface area contributed by atoms with Crippen LogP contribution < -0.4 is 5.32 Å². The zero-order chi connectivity index (χ0) is 19.9. The predicted molar refractivity (Wildman–Crippen MR) is 101 cm³/mol. The number of hydrogen-bond donors (Lipinski definition) is 1. The Hall–Kier alpha value is -3.81. The van der Waals surface area contributed by atoms with Crippen LogP contribution in [0.3, 0.4) is 0 Å². The van der Waals surface area contributed by atoms with E-state index in [9.17, 15) is 19.7 Å². The second kappa shape index (κ2) is 6.41. The average Bonchev–Trinajstić information content (AvgIpc) is 2.92. The van der Waals surface area contributed by atoms with Gasteiger partial charge in [-0.3, -0.25) is 24.8 Å². The van der Waals surface area contributed by atoms with Crippen molar-refractivity contribution in [1.82, 2.24) is 15.2 Å². The molecule has 3 aromatic rings. The lowest BCUT2D eigenvalue weighted by Gasteiger charge is -2.22. The molecule has 1 aliphatic heterocycles. The first-order valence-electron chi connectivity index (χ1n) is 8.62. The van der Waals surface area contributed by atoms with Crippen LogP contribution in [0.1, 0.15) is 18.1 Å². The Morgan fingerprint density at radius 2 is 1.89 bits per heavy atom. The number of hydrogen-bond acceptors (Lipinski definition) is 5. The third-order valence-electron chi connectivity index (χ3n) is 4.95. The summed E-state index contributed by atoms with van der Waals surface area (Å²) < 4.78 is 0. The van der Waals surface area contributed by atoms with E-state index in [1.54, 1.807) is 19.2 Å². The lowest BCUT2D eigenvalue weighted by Crippen LogP contribution is -2.40. The monoisotopic (exact) mass is 376 g/mol. The quantitative estimate of drug-likeness (QED) is 0.428. The number of non-ortho nitro benzene ring substituents is 1. The molecule has 2 heterocycles. The number of nitrogens with one attached hydrogen (secondary N) is 1. The number of carbonyl (C=O) groups is 2. The van der Waals surface area contributed by atoms with Crippen LogP contribution in [0.15, 0.2) is 60.8 Å². The van der Waals surface area contributed by atoms with Crippen LogP contribution in [0, 0.1) is 10.1 Å². The Balaban J connectivity index is 1.69. The van der Waals surface area contributed by atoms with E-state index in [0.29, 0.717) is 5.56 Å². The fourth-order valence-electron chi connectivity index (χ4n) is 3.43. The molecule has 0 saturated carbocycles. The average molecular weight is 376 g/mol. The predicted octanol–water partition coefficient (Wildman–Crippen LogP) is 3.11.